The lowest BCUT2D eigenvalue weighted by Crippen LogP contribution is -2.50. The first-order chi connectivity index (χ1) is 15.9. The summed E-state index contributed by atoms with van der Waals surface area (Å²) in [7, 11) is -3.70. The number of hydrogen-bond donors (Lipinski definition) is 1. The van der Waals surface area contributed by atoms with E-state index in [9.17, 15) is 18.0 Å². The molecular weight excluding hydrogens is 446 g/mol. The van der Waals surface area contributed by atoms with Crippen molar-refractivity contribution in [2.45, 2.75) is 17.7 Å². The van der Waals surface area contributed by atoms with Gasteiger partial charge in [-0.1, -0.05) is 6.07 Å². The minimum Gasteiger partial charge on any atom is -0.483 e. The van der Waals surface area contributed by atoms with Gasteiger partial charge >= 0.3 is 0 Å². The molecule has 0 bridgehead atoms. The predicted molar refractivity (Wildman–Crippen MR) is 121 cm³/mol. The van der Waals surface area contributed by atoms with Crippen LogP contribution in [0.15, 0.2) is 47.5 Å². The zero-order chi connectivity index (χ0) is 23.4. The maximum Gasteiger partial charge on any atom is 0.260 e. The van der Waals surface area contributed by atoms with Crippen molar-refractivity contribution in [2.75, 3.05) is 50.8 Å². The van der Waals surface area contributed by atoms with E-state index in [1.54, 1.807) is 11.1 Å². The van der Waals surface area contributed by atoms with Crippen LogP contribution in [0.5, 0.6) is 5.75 Å². The Labute approximate surface area is 193 Å². The van der Waals surface area contributed by atoms with Crippen molar-refractivity contribution in [1.29, 1.82) is 0 Å². The fourth-order valence-corrected chi connectivity index (χ4v) is 5.57. The summed E-state index contributed by atoms with van der Waals surface area (Å²) in [6, 6.07) is 9.70. The maximum atomic E-state index is 12.8. The summed E-state index contributed by atoms with van der Waals surface area (Å²) < 4.78 is 32.6. The summed E-state index contributed by atoms with van der Waals surface area (Å²) in [5, 5.41) is 0. The molecule has 3 heterocycles. The number of pyridine rings is 1. The van der Waals surface area contributed by atoms with Gasteiger partial charge in [-0.25, -0.2) is 13.4 Å². The van der Waals surface area contributed by atoms with E-state index >= 15 is 0 Å². The lowest BCUT2D eigenvalue weighted by atomic mass is 10.2. The van der Waals surface area contributed by atoms with E-state index in [4.69, 9.17) is 10.5 Å². The van der Waals surface area contributed by atoms with E-state index in [-0.39, 0.29) is 28.7 Å². The lowest BCUT2D eigenvalue weighted by molar-refractivity contribution is -0.133. The Morgan fingerprint density at radius 2 is 1.73 bits per heavy atom. The molecule has 0 spiro atoms. The molecular formula is C22H27N5O5S. The van der Waals surface area contributed by atoms with Crippen LogP contribution in [0.25, 0.3) is 0 Å². The Hall–Kier alpha value is -3.18. The highest BCUT2D eigenvalue weighted by Gasteiger charge is 2.29. The molecule has 11 heteroatoms. The van der Waals surface area contributed by atoms with Crippen LogP contribution in [-0.4, -0.2) is 80.3 Å². The van der Waals surface area contributed by atoms with Crippen LogP contribution < -0.4 is 15.4 Å². The number of carbonyl (C=O) groups is 2. The molecule has 2 aromatic rings. The molecule has 0 radical (unpaired) electrons. The van der Waals surface area contributed by atoms with Crippen LogP contribution >= 0.6 is 0 Å². The Morgan fingerprint density at radius 1 is 1.00 bits per heavy atom. The van der Waals surface area contributed by atoms with Gasteiger partial charge in [0.05, 0.1) is 10.5 Å². The molecule has 2 aliphatic heterocycles. The van der Waals surface area contributed by atoms with Crippen LogP contribution in [-0.2, 0) is 14.8 Å². The molecule has 2 fully saturated rings. The topological polar surface area (TPSA) is 126 Å². The average Bonchev–Trinajstić information content (AvgIpc) is 3.39. The zero-order valence-electron chi connectivity index (χ0n) is 18.2. The van der Waals surface area contributed by atoms with Gasteiger partial charge in [0.1, 0.15) is 11.6 Å². The summed E-state index contributed by atoms with van der Waals surface area (Å²) >= 11 is 0. The highest BCUT2D eigenvalue weighted by Crippen LogP contribution is 2.26. The van der Waals surface area contributed by atoms with Crippen LogP contribution in [0.2, 0.25) is 0 Å². The van der Waals surface area contributed by atoms with Gasteiger partial charge in [0.25, 0.3) is 11.8 Å². The van der Waals surface area contributed by atoms with Crippen molar-refractivity contribution in [1.82, 2.24) is 14.2 Å². The fourth-order valence-electron chi connectivity index (χ4n) is 4.02. The van der Waals surface area contributed by atoms with Crippen LogP contribution in [0.4, 0.5) is 5.82 Å². The fraction of sp³-hybridized carbons (Fsp3) is 0.409. The Bertz CT molecular complexity index is 1110. The first kappa shape index (κ1) is 23.0. The molecule has 2 amide bonds. The summed E-state index contributed by atoms with van der Waals surface area (Å²) in [4.78, 5) is 32.7. The Kier molecular flexibility index (Phi) is 6.80. The number of primary amides is 1. The normalized spacial score (nSPS) is 17.2. The molecule has 4 rings (SSSR count). The average molecular weight is 474 g/mol. The SMILES string of the molecule is NC(=O)c1cc(S(=O)(=O)N2CCCC2)ccc1OCC(=O)N1CCN(c2ccccn2)CC1. The summed E-state index contributed by atoms with van der Waals surface area (Å²) in [5.74, 6) is -0.0842. The van der Waals surface area contributed by atoms with Crippen molar-refractivity contribution in [2.24, 2.45) is 5.73 Å². The quantitative estimate of drug-likeness (QED) is 0.627. The summed E-state index contributed by atoms with van der Waals surface area (Å²) in [6.07, 6.45) is 3.35. The second kappa shape index (κ2) is 9.75. The molecule has 33 heavy (non-hydrogen) atoms. The number of nitrogens with zero attached hydrogens (tertiary/aromatic N) is 4. The number of ether oxygens (including phenoxy) is 1. The van der Waals surface area contributed by atoms with E-state index in [0.29, 0.717) is 39.3 Å². The Morgan fingerprint density at radius 3 is 2.36 bits per heavy atom. The molecule has 0 atom stereocenters. The monoisotopic (exact) mass is 473 g/mol. The van der Waals surface area contributed by atoms with Gasteiger partial charge in [0.15, 0.2) is 6.61 Å². The molecule has 10 nitrogen and oxygen atoms in total. The van der Waals surface area contributed by atoms with Gasteiger partial charge in [-0.2, -0.15) is 4.31 Å². The van der Waals surface area contributed by atoms with Crippen molar-refractivity contribution in [3.63, 3.8) is 0 Å². The molecule has 2 aliphatic rings. The highest BCUT2D eigenvalue weighted by atomic mass is 32.2. The summed E-state index contributed by atoms with van der Waals surface area (Å²) in [5.41, 5.74) is 5.40. The number of anilines is 1. The van der Waals surface area contributed by atoms with E-state index in [0.717, 1.165) is 18.7 Å². The number of benzene rings is 1. The summed E-state index contributed by atoms with van der Waals surface area (Å²) in [6.45, 7) is 2.98. The second-order valence-corrected chi connectivity index (χ2v) is 9.92. The number of rotatable bonds is 7. The molecule has 1 aromatic carbocycles. The number of carbonyl (C=O) groups excluding carboxylic acids is 2. The van der Waals surface area contributed by atoms with E-state index < -0.39 is 15.9 Å². The Balaban J connectivity index is 1.38. The van der Waals surface area contributed by atoms with Gasteiger partial charge in [-0.15, -0.1) is 0 Å². The smallest absolute Gasteiger partial charge is 0.260 e. The van der Waals surface area contributed by atoms with Crippen molar-refractivity contribution in [3.8, 4) is 5.75 Å². The van der Waals surface area contributed by atoms with Gasteiger partial charge in [0, 0.05) is 45.5 Å². The number of hydrogen-bond acceptors (Lipinski definition) is 7. The second-order valence-electron chi connectivity index (χ2n) is 7.98. The van der Waals surface area contributed by atoms with Crippen LogP contribution in [0, 0.1) is 0 Å². The standard InChI is InChI=1S/C22H27N5O5S/c23-22(29)18-15-17(33(30,31)27-9-3-4-10-27)6-7-19(18)32-16-21(28)26-13-11-25(12-14-26)20-5-1-2-8-24-20/h1-2,5-8,15H,3-4,9-14,16H2,(H2,23,29). The number of piperazine rings is 1. The van der Waals surface area contributed by atoms with Crippen molar-refractivity contribution >= 4 is 27.7 Å². The van der Waals surface area contributed by atoms with Gasteiger partial charge < -0.3 is 20.3 Å². The molecule has 2 saturated heterocycles. The van der Waals surface area contributed by atoms with E-state index in [2.05, 4.69) is 9.88 Å². The van der Waals surface area contributed by atoms with Gasteiger partial charge in [-0.05, 0) is 43.2 Å². The third-order valence-corrected chi connectivity index (χ3v) is 7.77. The molecule has 176 valence electrons. The molecule has 0 saturated carbocycles. The maximum absolute atomic E-state index is 12.8. The van der Waals surface area contributed by atoms with Crippen molar-refractivity contribution < 1.29 is 22.7 Å². The molecule has 0 unspecified atom stereocenters. The molecule has 1 aromatic heterocycles. The minimum absolute atomic E-state index is 0.0116. The first-order valence-electron chi connectivity index (χ1n) is 10.9. The number of aromatic nitrogens is 1. The van der Waals surface area contributed by atoms with E-state index in [1.807, 2.05) is 18.2 Å². The number of amides is 2. The molecule has 0 aliphatic carbocycles. The zero-order valence-corrected chi connectivity index (χ0v) is 19.0. The van der Waals surface area contributed by atoms with Gasteiger partial charge in [0.2, 0.25) is 10.0 Å². The number of sulfonamides is 1. The van der Waals surface area contributed by atoms with Crippen LogP contribution in [0.3, 0.4) is 0 Å². The first-order valence-corrected chi connectivity index (χ1v) is 12.3. The number of nitrogens with two attached hydrogens (primary N) is 1. The highest BCUT2D eigenvalue weighted by molar-refractivity contribution is 7.89. The third kappa shape index (κ3) is 5.09. The van der Waals surface area contributed by atoms with Gasteiger partial charge in [-0.3, -0.25) is 9.59 Å². The molecule has 2 N–H and O–H groups in total. The van der Waals surface area contributed by atoms with Crippen LogP contribution in [0.1, 0.15) is 23.2 Å². The predicted octanol–water partition coefficient (Wildman–Crippen LogP) is 0.693. The van der Waals surface area contributed by atoms with Crippen molar-refractivity contribution in [3.05, 3.63) is 48.2 Å². The largest absolute Gasteiger partial charge is 0.483 e. The third-order valence-electron chi connectivity index (χ3n) is 5.88. The lowest BCUT2D eigenvalue weighted by Gasteiger charge is -2.35. The minimum atomic E-state index is -3.70. The van der Waals surface area contributed by atoms with E-state index in [1.165, 1.54) is 22.5 Å².